The van der Waals surface area contributed by atoms with Crippen molar-refractivity contribution in [1.29, 1.82) is 0 Å². The predicted octanol–water partition coefficient (Wildman–Crippen LogP) is 2.37. The molecule has 5 amide bonds. The number of carbonyl (C=O) groups excluding carboxylic acids is 6. The van der Waals surface area contributed by atoms with Crippen LogP contribution in [0, 0.1) is 5.92 Å². The number of imide groups is 1. The van der Waals surface area contributed by atoms with Crippen molar-refractivity contribution < 1.29 is 52.0 Å². The summed E-state index contributed by atoms with van der Waals surface area (Å²) in [5.41, 5.74) is 0. The van der Waals surface area contributed by atoms with Crippen LogP contribution in [-0.2, 0) is 47.7 Å². The first-order chi connectivity index (χ1) is 21.1. The topological polar surface area (TPSA) is 179 Å². The number of Topliss-reactive ketones (excluding diaryl/α,β-unsaturated/α-hetero) is 1. The van der Waals surface area contributed by atoms with Gasteiger partial charge in [0.15, 0.2) is 0 Å². The maximum absolute atomic E-state index is 12.1. The average molecular weight is 655 g/mol. The average Bonchev–Trinajstić information content (AvgIpc) is 3.33. The van der Waals surface area contributed by atoms with E-state index in [2.05, 4.69) is 16.0 Å². The Morgan fingerprint density at radius 2 is 1.20 bits per heavy atom. The van der Waals surface area contributed by atoms with Gasteiger partial charge < -0.3 is 34.9 Å². The van der Waals surface area contributed by atoms with E-state index in [1.807, 2.05) is 27.7 Å². The highest BCUT2D eigenvalue weighted by Gasteiger charge is 2.28. The first kappa shape index (κ1) is 46.5. The minimum absolute atomic E-state index is 0. The molecule has 3 N–H and O–H groups in total. The van der Waals surface area contributed by atoms with E-state index in [-0.39, 0.29) is 92.4 Å². The van der Waals surface area contributed by atoms with Crippen LogP contribution in [0.25, 0.3) is 0 Å². The number of amides is 5. The van der Waals surface area contributed by atoms with Crippen LogP contribution in [0.15, 0.2) is 0 Å². The van der Waals surface area contributed by atoms with Gasteiger partial charge in [0.05, 0.1) is 59.4 Å². The van der Waals surface area contributed by atoms with Crippen LogP contribution < -0.4 is 16.0 Å². The molecule has 0 aliphatic carbocycles. The van der Waals surface area contributed by atoms with E-state index in [4.69, 9.17) is 18.9 Å². The quantitative estimate of drug-likeness (QED) is 0.109. The van der Waals surface area contributed by atoms with Gasteiger partial charge in [-0.1, -0.05) is 49.0 Å². The molecular formula is C31H66N4O10. The van der Waals surface area contributed by atoms with Crippen LogP contribution in [-0.4, -0.2) is 119 Å². The molecule has 0 unspecified atom stereocenters. The van der Waals surface area contributed by atoms with Gasteiger partial charge in [-0.25, -0.2) is 0 Å². The van der Waals surface area contributed by atoms with Crippen LogP contribution in [0.3, 0.4) is 0 Å². The normalized spacial score (nSPS) is 12.7. The zero-order chi connectivity index (χ0) is 33.8. The van der Waals surface area contributed by atoms with E-state index >= 15 is 0 Å². The fourth-order valence-electron chi connectivity index (χ4n) is 3.47. The Labute approximate surface area is 274 Å². The summed E-state index contributed by atoms with van der Waals surface area (Å²) < 4.78 is 21.5. The largest absolute Gasteiger partial charge is 0.379 e. The van der Waals surface area contributed by atoms with E-state index < -0.39 is 11.9 Å². The highest BCUT2D eigenvalue weighted by Crippen LogP contribution is 2.11. The van der Waals surface area contributed by atoms with Crippen LogP contribution >= 0.6 is 0 Å². The summed E-state index contributed by atoms with van der Waals surface area (Å²) in [6.07, 6.45) is 0.599. The maximum atomic E-state index is 12.1. The van der Waals surface area contributed by atoms with Gasteiger partial charge in [0.2, 0.25) is 29.5 Å². The summed E-state index contributed by atoms with van der Waals surface area (Å²) in [7, 11) is 0. The Kier molecular flexibility index (Phi) is 32.1. The molecule has 0 aromatic heterocycles. The fraction of sp³-hybridized carbons (Fsp3) is 0.806. The zero-order valence-corrected chi connectivity index (χ0v) is 27.8. The lowest BCUT2D eigenvalue weighted by Gasteiger charge is -2.21. The summed E-state index contributed by atoms with van der Waals surface area (Å²) in [5, 5.41) is 7.85. The molecule has 0 saturated carbocycles. The summed E-state index contributed by atoms with van der Waals surface area (Å²) in [4.78, 5) is 71.2. The van der Waals surface area contributed by atoms with Crippen molar-refractivity contribution in [2.24, 2.45) is 5.92 Å². The molecular weight excluding hydrogens is 588 g/mol. The van der Waals surface area contributed by atoms with Gasteiger partial charge in [0.1, 0.15) is 11.8 Å². The highest BCUT2D eigenvalue weighted by molar-refractivity contribution is 6.02. The third kappa shape index (κ3) is 25.0. The van der Waals surface area contributed by atoms with Crippen molar-refractivity contribution in [3.8, 4) is 0 Å². The summed E-state index contributed by atoms with van der Waals surface area (Å²) in [5.74, 6) is -1.72. The number of nitrogens with zero attached hydrogens (tertiary/aromatic N) is 1. The number of hydrogen-bond donors (Lipinski definition) is 3. The molecule has 0 radical (unpaired) electrons. The molecule has 1 heterocycles. The molecule has 0 aromatic carbocycles. The predicted molar refractivity (Wildman–Crippen MR) is 178 cm³/mol. The van der Waals surface area contributed by atoms with Crippen molar-refractivity contribution >= 4 is 35.3 Å². The fourth-order valence-corrected chi connectivity index (χ4v) is 3.47. The molecule has 1 rings (SSSR count). The second-order valence-corrected chi connectivity index (χ2v) is 9.45. The van der Waals surface area contributed by atoms with Gasteiger partial charge in [-0.15, -0.1) is 0 Å². The van der Waals surface area contributed by atoms with Crippen molar-refractivity contribution in [2.45, 2.75) is 87.6 Å². The van der Waals surface area contributed by atoms with Crippen molar-refractivity contribution in [3.63, 3.8) is 0 Å². The van der Waals surface area contributed by atoms with Gasteiger partial charge in [-0.05, 0) is 12.8 Å². The Bertz CT molecular complexity index is 839. The smallest absolute Gasteiger partial charge is 0.243 e. The molecule has 45 heavy (non-hydrogen) atoms. The standard InChI is InChI=1S/C26H44N4O10.2C2H6.CH4.3H2/c1-19(2)25(26(36)28-18-20(3)31)29-22(33)7-10-37-12-14-39-16-17-40-15-13-38-11-8-27-21(32)6-9-30-23(34)4-5-24(30)35;2*1-2;;;;/h19,25H,4-18H2,1-3H3,(H,27,32)(H,28,36)(H,29,33);2*1-2H3;1H4;3*1H/t25-;;;;;;/m0....../s1. The number of ether oxygens (including phenoxy) is 4. The number of rotatable bonds is 23. The lowest BCUT2D eigenvalue weighted by atomic mass is 10.0. The number of hydrogen-bond acceptors (Lipinski definition) is 10. The van der Waals surface area contributed by atoms with Crippen molar-refractivity contribution in [2.75, 3.05) is 72.5 Å². The minimum Gasteiger partial charge on any atom is -0.379 e. The van der Waals surface area contributed by atoms with Crippen LogP contribution in [0.2, 0.25) is 0 Å². The van der Waals surface area contributed by atoms with Crippen molar-refractivity contribution in [1.82, 2.24) is 20.9 Å². The number of likely N-dealkylation sites (tertiary alicyclic amines) is 1. The molecule has 0 spiro atoms. The minimum atomic E-state index is -0.723. The van der Waals surface area contributed by atoms with Gasteiger partial charge in [0.25, 0.3) is 0 Å². The molecule has 1 fully saturated rings. The SMILES string of the molecule is C.CC.CC.CC(=O)CNC(=O)[C@@H](NC(=O)CCOCCOCCOCCOCCNC(=O)CCN1C(=O)CCC1=O)C(C)C.[HH].[HH].[HH]. The molecule has 1 atom stereocenters. The second kappa shape index (κ2) is 31.1. The molecule has 0 bridgehead atoms. The molecule has 1 aliphatic heterocycles. The zero-order valence-electron chi connectivity index (χ0n) is 27.8. The molecule has 14 heteroatoms. The van der Waals surface area contributed by atoms with Gasteiger partial charge in [-0.2, -0.15) is 0 Å². The lowest BCUT2D eigenvalue weighted by Crippen LogP contribution is -2.50. The summed E-state index contributed by atoms with van der Waals surface area (Å²) in [6, 6.07) is -0.723. The Hall–Kier alpha value is -2.94. The van der Waals surface area contributed by atoms with E-state index in [1.165, 1.54) is 6.92 Å². The molecule has 1 aliphatic rings. The first-order valence-electron chi connectivity index (χ1n) is 15.6. The number of ketones is 1. The van der Waals surface area contributed by atoms with E-state index in [1.54, 1.807) is 13.8 Å². The Balaban J connectivity index is -0.000000530. The molecule has 270 valence electrons. The third-order valence-electron chi connectivity index (χ3n) is 5.65. The van der Waals surface area contributed by atoms with Crippen LogP contribution in [0.5, 0.6) is 0 Å². The van der Waals surface area contributed by atoms with E-state index in [9.17, 15) is 28.8 Å². The monoisotopic (exact) mass is 654 g/mol. The van der Waals surface area contributed by atoms with E-state index in [0.29, 0.717) is 52.8 Å². The molecule has 1 saturated heterocycles. The van der Waals surface area contributed by atoms with Crippen molar-refractivity contribution in [3.05, 3.63) is 0 Å². The van der Waals surface area contributed by atoms with E-state index in [0.717, 1.165) is 4.90 Å². The summed E-state index contributed by atoms with van der Waals surface area (Å²) in [6.45, 7) is 15.9. The summed E-state index contributed by atoms with van der Waals surface area (Å²) >= 11 is 0. The molecule has 14 nitrogen and oxygen atoms in total. The van der Waals surface area contributed by atoms with Crippen LogP contribution in [0.4, 0.5) is 0 Å². The number of nitrogens with one attached hydrogen (secondary N) is 3. The highest BCUT2D eigenvalue weighted by atomic mass is 16.6. The van der Waals surface area contributed by atoms with Gasteiger partial charge >= 0.3 is 0 Å². The molecule has 0 aromatic rings. The Morgan fingerprint density at radius 1 is 0.733 bits per heavy atom. The second-order valence-electron chi connectivity index (χ2n) is 9.45. The Morgan fingerprint density at radius 3 is 1.67 bits per heavy atom. The maximum Gasteiger partial charge on any atom is 0.243 e. The van der Waals surface area contributed by atoms with Crippen LogP contribution in [0.1, 0.15) is 85.9 Å². The first-order valence-corrected chi connectivity index (χ1v) is 15.6. The number of carbonyl (C=O) groups is 6. The lowest BCUT2D eigenvalue weighted by molar-refractivity contribution is -0.138. The third-order valence-corrected chi connectivity index (χ3v) is 5.65. The van der Waals surface area contributed by atoms with Gasteiger partial charge in [0, 0.05) is 43.1 Å². The van der Waals surface area contributed by atoms with Gasteiger partial charge in [-0.3, -0.25) is 33.7 Å².